The van der Waals surface area contributed by atoms with Crippen molar-refractivity contribution in [3.63, 3.8) is 0 Å². The SMILES string of the molecule is O=[PH+]C(F)(F)C(F)(F)F.[2H]C([2H])([2H])C(=O)C([2H])([2H])[2H].[Bi]. The second kappa shape index (κ2) is 7.58. The van der Waals surface area contributed by atoms with Gasteiger partial charge in [-0.3, -0.25) is 0 Å². The maximum Gasteiger partial charge on any atom is 0.537 e. The van der Waals surface area contributed by atoms with Gasteiger partial charge in [0.25, 0.3) is 0 Å². The van der Waals surface area contributed by atoms with Gasteiger partial charge in [0.05, 0.1) is 0 Å². The Labute approximate surface area is 106 Å². The van der Waals surface area contributed by atoms with Crippen molar-refractivity contribution < 1.29 is 39.5 Å². The maximum absolute atomic E-state index is 11.2. The van der Waals surface area contributed by atoms with Crippen molar-refractivity contribution in [3.8, 4) is 0 Å². The maximum atomic E-state index is 11.2. The summed E-state index contributed by atoms with van der Waals surface area (Å²) in [5.41, 5.74) is -5.05. The Morgan fingerprint density at radius 3 is 1.57 bits per heavy atom. The predicted molar refractivity (Wildman–Crippen MR) is 42.1 cm³/mol. The molecule has 9 heteroatoms. The molecule has 2 nitrogen and oxygen atoms in total. The number of ketones is 1. The second-order valence-electron chi connectivity index (χ2n) is 1.50. The van der Waals surface area contributed by atoms with E-state index in [1.165, 1.54) is 0 Å². The summed E-state index contributed by atoms with van der Waals surface area (Å²) in [6.45, 7) is -6.02. The molecule has 1 atom stereocenters. The van der Waals surface area contributed by atoms with Crippen molar-refractivity contribution in [2.45, 2.75) is 25.5 Å². The van der Waals surface area contributed by atoms with Crippen molar-refractivity contribution in [3.05, 3.63) is 0 Å². The molecule has 14 heavy (non-hydrogen) atoms. The van der Waals surface area contributed by atoms with Gasteiger partial charge in [0, 0.05) is 34.4 Å². The fraction of sp³-hybridized carbons (Fsp3) is 0.800. The largest absolute Gasteiger partial charge is 0.537 e. The van der Waals surface area contributed by atoms with Crippen molar-refractivity contribution in [2.75, 3.05) is 0 Å². The van der Waals surface area contributed by atoms with Crippen LogP contribution in [-0.2, 0) is 9.36 Å². The van der Waals surface area contributed by atoms with Gasteiger partial charge in [0.1, 0.15) is 5.78 Å². The second-order valence-corrected chi connectivity index (χ2v) is 2.34. The van der Waals surface area contributed by atoms with Crippen LogP contribution in [-0.4, -0.2) is 43.8 Å². The van der Waals surface area contributed by atoms with Gasteiger partial charge in [-0.1, -0.05) is 4.57 Å². The molecular weight excluding hydrogens is 427 g/mol. The standard InChI is InChI=1S/C3H6O.C2F5OP.Bi/c1-3(2)4;3-1(4,5)2(6,7)9-8;/h1-2H3;;/p+1/i1D3,2D3;;. The fourth-order valence-electron chi connectivity index (χ4n) is 0.0579. The Kier molecular flexibility index (Phi) is 4.58. The molecule has 0 bridgehead atoms. The van der Waals surface area contributed by atoms with E-state index < -0.39 is 39.8 Å². The van der Waals surface area contributed by atoms with Gasteiger partial charge in [-0.05, 0) is 13.7 Å². The number of Topliss-reactive ketones (excluding diaryl/α,β-unsaturated/α-hetero) is 1. The van der Waals surface area contributed by atoms with Crippen LogP contribution >= 0.6 is 8.46 Å². The molecule has 0 saturated carbocycles. The molecule has 0 aliphatic heterocycles. The fourth-order valence-corrected chi connectivity index (χ4v) is 0.174. The van der Waals surface area contributed by atoms with E-state index in [-0.39, 0.29) is 26.2 Å². The van der Waals surface area contributed by atoms with Crippen LogP contribution in [0.15, 0.2) is 0 Å². The minimum Gasteiger partial charge on any atom is -0.300 e. The molecule has 0 spiro atoms. The van der Waals surface area contributed by atoms with Gasteiger partial charge in [-0.2, -0.15) is 13.2 Å². The molecule has 0 aromatic carbocycles. The third kappa shape index (κ3) is 10.4. The van der Waals surface area contributed by atoms with Gasteiger partial charge >= 0.3 is 20.3 Å². The predicted octanol–water partition coefficient (Wildman–Crippen LogP) is 2.38. The molecule has 0 fully saturated rings. The summed E-state index contributed by atoms with van der Waals surface area (Å²) >= 11 is 0. The van der Waals surface area contributed by atoms with Crippen LogP contribution in [0.2, 0.25) is 0 Å². The first kappa shape index (κ1) is 8.45. The van der Waals surface area contributed by atoms with Crippen LogP contribution < -0.4 is 0 Å². The summed E-state index contributed by atoms with van der Waals surface area (Å²) in [5.74, 6) is -1.68. The van der Waals surface area contributed by atoms with E-state index in [9.17, 15) is 26.7 Å². The van der Waals surface area contributed by atoms with Crippen molar-refractivity contribution in [1.29, 1.82) is 0 Å². The molecule has 0 aliphatic carbocycles. The molecule has 83 valence electrons. The Morgan fingerprint density at radius 1 is 1.21 bits per heavy atom. The van der Waals surface area contributed by atoms with Crippen molar-refractivity contribution >= 4 is 40.4 Å². The van der Waals surface area contributed by atoms with E-state index in [4.69, 9.17) is 12.8 Å². The van der Waals surface area contributed by atoms with Gasteiger partial charge in [0.15, 0.2) is 0 Å². The number of carbonyl (C=O) groups is 1. The van der Waals surface area contributed by atoms with Gasteiger partial charge in [0.2, 0.25) is 0 Å². The number of hydrogen-bond acceptors (Lipinski definition) is 2. The first-order valence-electron chi connectivity index (χ1n) is 5.35. The zero-order valence-electron chi connectivity index (χ0n) is 12.2. The first-order chi connectivity index (χ1) is 7.97. The molecule has 0 aromatic heterocycles. The first-order valence-corrected chi connectivity index (χ1v) is 3.26. The van der Waals surface area contributed by atoms with Crippen LogP contribution in [0.1, 0.15) is 21.9 Å². The summed E-state index contributed by atoms with van der Waals surface area (Å²) < 4.78 is 103. The number of hydrogen-bond donors (Lipinski definition) is 0. The molecule has 0 amide bonds. The number of carbonyl (C=O) groups excluding carboxylic acids is 1. The quantitative estimate of drug-likeness (QED) is 0.357. The summed E-state index contributed by atoms with van der Waals surface area (Å²) in [7, 11) is -2.67. The Morgan fingerprint density at radius 2 is 1.57 bits per heavy atom. The average molecular weight is 440 g/mol. The zero-order valence-corrected chi connectivity index (χ0v) is 10.6. The molecule has 3 radical (unpaired) electrons. The third-order valence-electron chi connectivity index (χ3n) is 0.484. The molecule has 0 saturated heterocycles. The normalized spacial score (nSPS) is 19.2. The summed E-state index contributed by atoms with van der Waals surface area (Å²) in [4.78, 5) is 10.4. The minimum absolute atomic E-state index is 0. The molecular formula is C5H7BiF5O2P+. The third-order valence-corrected chi connectivity index (χ3v) is 1.02. The monoisotopic (exact) mass is 440 g/mol. The Balaban J connectivity index is -0.000000277. The molecule has 0 heterocycles. The molecule has 0 rings (SSSR count). The Bertz CT molecular complexity index is 324. The van der Waals surface area contributed by atoms with E-state index in [1.54, 1.807) is 0 Å². The number of halogens is 5. The summed E-state index contributed by atoms with van der Waals surface area (Å²) in [6, 6.07) is 0. The molecule has 0 aromatic rings. The van der Waals surface area contributed by atoms with Crippen LogP contribution in [0, 0.1) is 0 Å². The van der Waals surface area contributed by atoms with Crippen LogP contribution in [0.4, 0.5) is 22.0 Å². The van der Waals surface area contributed by atoms with E-state index >= 15 is 0 Å². The van der Waals surface area contributed by atoms with E-state index in [0.717, 1.165) is 0 Å². The summed E-state index contributed by atoms with van der Waals surface area (Å²) in [6.07, 6.45) is -5.69. The van der Waals surface area contributed by atoms with Gasteiger partial charge < -0.3 is 4.79 Å². The number of alkyl halides is 5. The minimum atomic E-state index is -5.69. The van der Waals surface area contributed by atoms with Crippen LogP contribution in [0.5, 0.6) is 0 Å². The number of rotatable bonds is 1. The molecule has 1 unspecified atom stereocenters. The zero-order chi connectivity index (χ0) is 16.3. The van der Waals surface area contributed by atoms with E-state index in [0.29, 0.717) is 0 Å². The smallest absolute Gasteiger partial charge is 0.300 e. The van der Waals surface area contributed by atoms with E-state index in [1.807, 2.05) is 0 Å². The van der Waals surface area contributed by atoms with Gasteiger partial charge in [-0.25, -0.2) is 0 Å². The molecule has 0 aliphatic rings. The average Bonchev–Trinajstić information content (AvgIpc) is 2.13. The Hall–Kier alpha value is 0.303. The van der Waals surface area contributed by atoms with Crippen LogP contribution in [0.25, 0.3) is 0 Å². The van der Waals surface area contributed by atoms with Crippen LogP contribution in [0.3, 0.4) is 0 Å². The molecule has 0 N–H and O–H groups in total. The topological polar surface area (TPSA) is 34.1 Å². The van der Waals surface area contributed by atoms with E-state index in [2.05, 4.69) is 0 Å². The van der Waals surface area contributed by atoms with Crippen molar-refractivity contribution in [1.82, 2.24) is 0 Å². The van der Waals surface area contributed by atoms with Gasteiger partial charge in [-0.15, -0.1) is 8.78 Å². The summed E-state index contributed by atoms with van der Waals surface area (Å²) in [5, 5.41) is 0. The van der Waals surface area contributed by atoms with Crippen molar-refractivity contribution in [2.24, 2.45) is 0 Å².